The molecular weight excluding hydrogens is 284 g/mol. The Hall–Kier alpha value is -1.35. The maximum Gasteiger partial charge on any atom is 0.417 e. The van der Waals surface area contributed by atoms with E-state index in [9.17, 15) is 4.79 Å². The first kappa shape index (κ1) is 16.5. The number of nitrogens with one attached hydrogen (secondary N) is 1. The van der Waals surface area contributed by atoms with Gasteiger partial charge in [-0.15, -0.1) is 0 Å². The van der Waals surface area contributed by atoms with E-state index < -0.39 is 0 Å². The van der Waals surface area contributed by atoms with E-state index >= 15 is 0 Å². The van der Waals surface area contributed by atoms with Gasteiger partial charge in [0.25, 0.3) is 0 Å². The van der Waals surface area contributed by atoms with Gasteiger partial charge in [0.1, 0.15) is 0 Å². The molecule has 2 amide bonds. The maximum atomic E-state index is 13.1. The van der Waals surface area contributed by atoms with Gasteiger partial charge in [-0.1, -0.05) is 49.6 Å². The van der Waals surface area contributed by atoms with Gasteiger partial charge in [-0.25, -0.2) is 9.28 Å². The highest BCUT2D eigenvalue weighted by atomic mass is 16.2. The fourth-order valence-electron chi connectivity index (χ4n) is 4.55. The Kier molecular flexibility index (Phi) is 5.37. The molecule has 0 bridgehead atoms. The molecule has 3 rings (SSSR count). The molecule has 1 unspecified atom stereocenters. The molecule has 3 heteroatoms. The van der Waals surface area contributed by atoms with Gasteiger partial charge in [0, 0.05) is 25.3 Å². The van der Waals surface area contributed by atoms with Crippen LogP contribution in [0.15, 0.2) is 30.3 Å². The van der Waals surface area contributed by atoms with Crippen LogP contribution < -0.4 is 5.32 Å². The predicted molar refractivity (Wildman–Crippen MR) is 93.9 cm³/mol. The molecule has 0 radical (unpaired) electrons. The lowest BCUT2D eigenvalue weighted by atomic mass is 9.88. The average Bonchev–Trinajstić information content (AvgIpc) is 2.96. The van der Waals surface area contributed by atoms with Gasteiger partial charge in [-0.2, -0.15) is 0 Å². The lowest BCUT2D eigenvalue weighted by Crippen LogP contribution is -2.61. The Morgan fingerprint density at radius 2 is 1.83 bits per heavy atom. The summed E-state index contributed by atoms with van der Waals surface area (Å²) in [5.74, 6) is 0.742. The smallest absolute Gasteiger partial charge is 0.302 e. The second-order valence-electron chi connectivity index (χ2n) is 7.58. The first-order chi connectivity index (χ1) is 11.2. The number of hydrogen-bond donors (Lipinski definition) is 1. The number of hydrogen-bond acceptors (Lipinski definition) is 1. The molecule has 2 atom stereocenters. The lowest BCUT2D eigenvalue weighted by molar-refractivity contribution is -0.864. The van der Waals surface area contributed by atoms with Gasteiger partial charge in [-0.05, 0) is 25.3 Å². The molecule has 1 aromatic carbocycles. The van der Waals surface area contributed by atoms with Crippen molar-refractivity contribution in [3.05, 3.63) is 35.9 Å². The number of urea groups is 1. The molecular formula is C20H31N2O+. The summed E-state index contributed by atoms with van der Waals surface area (Å²) >= 11 is 0. The Labute approximate surface area is 140 Å². The van der Waals surface area contributed by atoms with Gasteiger partial charge in [-0.3, -0.25) is 0 Å². The number of nitrogens with zero attached hydrogens (tertiary/aromatic N) is 1. The molecule has 3 nitrogen and oxygen atoms in total. The second-order valence-corrected chi connectivity index (χ2v) is 7.58. The predicted octanol–water partition coefficient (Wildman–Crippen LogP) is 4.48. The van der Waals surface area contributed by atoms with E-state index in [-0.39, 0.29) is 6.03 Å². The van der Waals surface area contributed by atoms with E-state index in [2.05, 4.69) is 24.4 Å². The van der Waals surface area contributed by atoms with Crippen LogP contribution in [0.1, 0.15) is 57.4 Å². The molecule has 23 heavy (non-hydrogen) atoms. The molecule has 2 aliphatic rings. The minimum absolute atomic E-state index is 0.254. The molecule has 2 fully saturated rings. The third kappa shape index (κ3) is 3.77. The molecule has 0 aromatic heterocycles. The van der Waals surface area contributed by atoms with Crippen LogP contribution in [0.3, 0.4) is 0 Å². The molecule has 1 N–H and O–H groups in total. The molecule has 1 saturated heterocycles. The summed E-state index contributed by atoms with van der Waals surface area (Å²) in [4.78, 5) is 13.1. The number of benzene rings is 1. The quantitative estimate of drug-likeness (QED) is 0.816. The highest BCUT2D eigenvalue weighted by Crippen LogP contribution is 2.33. The van der Waals surface area contributed by atoms with E-state index in [0.717, 1.165) is 19.0 Å². The zero-order chi connectivity index (χ0) is 16.1. The van der Waals surface area contributed by atoms with Crippen LogP contribution in [0.2, 0.25) is 0 Å². The van der Waals surface area contributed by atoms with Crippen LogP contribution in [0.5, 0.6) is 0 Å². The zero-order valence-corrected chi connectivity index (χ0v) is 14.5. The number of amides is 2. The van der Waals surface area contributed by atoms with E-state index in [4.69, 9.17) is 0 Å². The number of carbonyl (C=O) groups is 1. The van der Waals surface area contributed by atoms with Crippen LogP contribution in [-0.2, 0) is 6.54 Å². The summed E-state index contributed by atoms with van der Waals surface area (Å²) in [6, 6.07) is 11.0. The minimum Gasteiger partial charge on any atom is -0.302 e. The van der Waals surface area contributed by atoms with Crippen LogP contribution >= 0.6 is 0 Å². The summed E-state index contributed by atoms with van der Waals surface area (Å²) in [7, 11) is 0. The van der Waals surface area contributed by atoms with E-state index in [1.165, 1.54) is 50.5 Å². The average molecular weight is 315 g/mol. The first-order valence-electron chi connectivity index (χ1n) is 9.40. The number of quaternary nitrogens is 1. The van der Waals surface area contributed by atoms with Crippen molar-refractivity contribution in [2.45, 2.75) is 64.5 Å². The number of carbonyl (C=O) groups excluding carboxylic acids is 1. The summed E-state index contributed by atoms with van der Waals surface area (Å²) in [6.07, 6.45) is 9.09. The van der Waals surface area contributed by atoms with Gasteiger partial charge in [0.15, 0.2) is 0 Å². The molecule has 0 spiro atoms. The minimum atomic E-state index is 0.254. The standard InChI is InChI=1S/C20H30N2O/c1-17-9-8-14-22(17,16-19-12-6-3-7-13-19)20(23)21-15-18-10-4-2-5-11-18/h2,4-5,10-11,17,19H,3,6-9,12-16H2,1H3/p+1/t17-,22?/m1/s1. The van der Waals surface area contributed by atoms with Gasteiger partial charge in [0.05, 0.1) is 19.1 Å². The third-order valence-corrected chi connectivity index (χ3v) is 6.02. The normalized spacial score (nSPS) is 28.7. The molecule has 1 aliphatic heterocycles. The molecule has 126 valence electrons. The lowest BCUT2D eigenvalue weighted by Gasteiger charge is -2.39. The first-order valence-corrected chi connectivity index (χ1v) is 9.40. The zero-order valence-electron chi connectivity index (χ0n) is 14.5. The summed E-state index contributed by atoms with van der Waals surface area (Å²) < 4.78 is 0.678. The van der Waals surface area contributed by atoms with Gasteiger partial charge < -0.3 is 5.32 Å². The van der Waals surface area contributed by atoms with Crippen molar-refractivity contribution >= 4 is 6.03 Å². The monoisotopic (exact) mass is 315 g/mol. The van der Waals surface area contributed by atoms with E-state index in [1.807, 2.05) is 18.2 Å². The van der Waals surface area contributed by atoms with Crippen LogP contribution in [-0.4, -0.2) is 29.6 Å². The largest absolute Gasteiger partial charge is 0.417 e. The third-order valence-electron chi connectivity index (χ3n) is 6.02. The van der Waals surface area contributed by atoms with Crippen molar-refractivity contribution in [3.8, 4) is 0 Å². The second kappa shape index (κ2) is 7.48. The Bertz CT molecular complexity index is 510. The van der Waals surface area contributed by atoms with E-state index in [0.29, 0.717) is 17.1 Å². The maximum absolute atomic E-state index is 13.1. The van der Waals surface area contributed by atoms with Crippen molar-refractivity contribution in [2.75, 3.05) is 13.1 Å². The highest BCUT2D eigenvalue weighted by Gasteiger charge is 2.47. The van der Waals surface area contributed by atoms with Gasteiger partial charge in [0.2, 0.25) is 0 Å². The van der Waals surface area contributed by atoms with Crippen molar-refractivity contribution in [1.82, 2.24) is 5.32 Å². The molecule has 1 aliphatic carbocycles. The molecule has 1 aromatic rings. The Morgan fingerprint density at radius 1 is 1.09 bits per heavy atom. The summed E-state index contributed by atoms with van der Waals surface area (Å²) in [5.41, 5.74) is 1.18. The molecule has 1 saturated carbocycles. The van der Waals surface area contributed by atoms with Crippen molar-refractivity contribution in [3.63, 3.8) is 0 Å². The van der Waals surface area contributed by atoms with Crippen molar-refractivity contribution < 1.29 is 9.28 Å². The Balaban J connectivity index is 1.66. The Morgan fingerprint density at radius 3 is 2.48 bits per heavy atom. The van der Waals surface area contributed by atoms with Crippen molar-refractivity contribution in [2.24, 2.45) is 5.92 Å². The topological polar surface area (TPSA) is 29.1 Å². The highest BCUT2D eigenvalue weighted by molar-refractivity contribution is 5.67. The number of likely N-dealkylation sites (tertiary alicyclic amines) is 1. The summed E-state index contributed by atoms with van der Waals surface area (Å²) in [6.45, 7) is 5.01. The van der Waals surface area contributed by atoms with E-state index in [1.54, 1.807) is 0 Å². The van der Waals surface area contributed by atoms with Crippen LogP contribution in [0.25, 0.3) is 0 Å². The summed E-state index contributed by atoms with van der Waals surface area (Å²) in [5, 5.41) is 3.24. The fourth-order valence-corrected chi connectivity index (χ4v) is 4.55. The molecule has 1 heterocycles. The number of rotatable bonds is 4. The van der Waals surface area contributed by atoms with Crippen LogP contribution in [0.4, 0.5) is 4.79 Å². The SMILES string of the molecule is C[C@@H]1CCC[N+]1(CC1CCCCC1)C(=O)NCc1ccccc1. The van der Waals surface area contributed by atoms with Gasteiger partial charge >= 0.3 is 6.03 Å². The van der Waals surface area contributed by atoms with Crippen LogP contribution in [0, 0.1) is 5.92 Å². The fraction of sp³-hybridized carbons (Fsp3) is 0.650. The van der Waals surface area contributed by atoms with Crippen molar-refractivity contribution in [1.29, 1.82) is 0 Å².